The number of hydrogen-bond acceptors (Lipinski definition) is 0. The van der Waals surface area contributed by atoms with Gasteiger partial charge in [0.05, 0.1) is 0 Å². The molecule has 0 rings (SSSR count). The predicted octanol–water partition coefficient (Wildman–Crippen LogP) is 4.47. The summed E-state index contributed by atoms with van der Waals surface area (Å²) in [5, 5.41) is 0. The van der Waals surface area contributed by atoms with Crippen LogP contribution < -0.4 is 0 Å². The lowest BCUT2D eigenvalue weighted by atomic mass is 10.2. The zero-order valence-corrected chi connectivity index (χ0v) is 12.9. The third-order valence-electron chi connectivity index (χ3n) is 1.48. The number of hydrogen-bond donors (Lipinski definition) is 0. The molecule has 0 aromatic rings. The molecule has 0 aromatic heterocycles. The molecule has 0 aromatic carbocycles. The molecule has 0 N–H and O–H groups in total. The van der Waals surface area contributed by atoms with Crippen LogP contribution in [0, 0.1) is 0 Å². The normalized spacial score (nSPS) is 22.4. The summed E-state index contributed by atoms with van der Waals surface area (Å²) < 4.78 is 0. The smallest absolute Gasteiger partial charge is 0.0406 e. The van der Waals surface area contributed by atoms with E-state index in [0.717, 1.165) is 6.42 Å². The summed E-state index contributed by atoms with van der Waals surface area (Å²) in [7, 11) is 0. The van der Waals surface area contributed by atoms with Gasteiger partial charge in [0.1, 0.15) is 0 Å². The quantitative estimate of drug-likeness (QED) is 0.594. The largest absolute Gasteiger partial charge is 0.0881 e. The summed E-state index contributed by atoms with van der Waals surface area (Å²) >= 11 is 14.4. The third-order valence-corrected chi connectivity index (χ3v) is 7.96. The lowest BCUT2D eigenvalue weighted by molar-refractivity contribution is 0.739. The van der Waals surface area contributed by atoms with Crippen LogP contribution in [0.25, 0.3) is 0 Å². The lowest BCUT2D eigenvalue weighted by Crippen LogP contribution is -2.29. The second-order valence-electron chi connectivity index (χ2n) is 2.49. The summed E-state index contributed by atoms with van der Waals surface area (Å²) in [5.41, 5.74) is 0. The van der Waals surface area contributed by atoms with Gasteiger partial charge >= 0.3 is 0 Å². The summed E-state index contributed by atoms with van der Waals surface area (Å²) in [6, 6.07) is 0. The van der Waals surface area contributed by atoms with Gasteiger partial charge in [0.25, 0.3) is 0 Å². The average molecular weight is 416 g/mol. The third kappa shape index (κ3) is 4.63. The first kappa shape index (κ1) is 12.9. The van der Waals surface area contributed by atoms with Crippen molar-refractivity contribution in [3.63, 3.8) is 0 Å². The highest BCUT2D eigenvalue weighted by Crippen LogP contribution is 2.29. The molecule has 4 unspecified atom stereocenters. The van der Waals surface area contributed by atoms with Crippen LogP contribution in [0.15, 0.2) is 0 Å². The van der Waals surface area contributed by atoms with Crippen LogP contribution in [0.4, 0.5) is 0 Å². The van der Waals surface area contributed by atoms with Gasteiger partial charge in [-0.25, -0.2) is 0 Å². The molecule has 0 amide bonds. The van der Waals surface area contributed by atoms with Gasteiger partial charge < -0.3 is 0 Å². The minimum Gasteiger partial charge on any atom is -0.0881 e. The molecule has 0 nitrogen and oxygen atoms in total. The Morgan fingerprint density at radius 2 is 1.45 bits per heavy atom. The van der Waals surface area contributed by atoms with E-state index in [2.05, 4.69) is 77.6 Å². The summed E-state index contributed by atoms with van der Waals surface area (Å²) in [6.07, 6.45) is 1.14. The van der Waals surface area contributed by atoms with Crippen LogP contribution in [-0.2, 0) is 0 Å². The van der Waals surface area contributed by atoms with E-state index < -0.39 is 0 Å². The van der Waals surface area contributed by atoms with Crippen LogP contribution in [0.3, 0.4) is 0 Å². The molecule has 68 valence electrons. The monoisotopic (exact) mass is 412 g/mol. The molecular formula is C7H12Br4. The number of alkyl halides is 4. The molecule has 0 aliphatic rings. The summed E-state index contributed by atoms with van der Waals surface area (Å²) in [4.78, 5) is 1.96. The van der Waals surface area contributed by atoms with Crippen molar-refractivity contribution in [2.45, 2.75) is 39.6 Å². The van der Waals surface area contributed by atoms with Crippen molar-refractivity contribution < 1.29 is 0 Å². The Labute approximate surface area is 102 Å². The minimum atomic E-state index is 0.465. The van der Waals surface area contributed by atoms with Crippen LogP contribution in [-0.4, -0.2) is 19.3 Å². The highest BCUT2D eigenvalue weighted by atomic mass is 79.9. The number of rotatable bonds is 4. The van der Waals surface area contributed by atoms with E-state index in [4.69, 9.17) is 0 Å². The predicted molar refractivity (Wildman–Crippen MR) is 66.8 cm³/mol. The van der Waals surface area contributed by atoms with Crippen LogP contribution in [0.1, 0.15) is 20.3 Å². The van der Waals surface area contributed by atoms with Crippen molar-refractivity contribution >= 4 is 63.7 Å². The van der Waals surface area contributed by atoms with Crippen LogP contribution in [0.2, 0.25) is 0 Å². The first-order valence-electron chi connectivity index (χ1n) is 3.57. The zero-order valence-electron chi connectivity index (χ0n) is 6.53. The van der Waals surface area contributed by atoms with Gasteiger partial charge in [0.2, 0.25) is 0 Å². The van der Waals surface area contributed by atoms with Gasteiger partial charge in [-0.3, -0.25) is 0 Å². The lowest BCUT2D eigenvalue weighted by Gasteiger charge is -2.22. The Bertz CT molecular complexity index is 105. The van der Waals surface area contributed by atoms with Crippen LogP contribution >= 0.6 is 63.7 Å². The van der Waals surface area contributed by atoms with Gasteiger partial charge in [0.15, 0.2) is 0 Å². The molecule has 0 radical (unpaired) electrons. The van der Waals surface area contributed by atoms with E-state index in [1.165, 1.54) is 0 Å². The maximum absolute atomic E-state index is 3.65. The Balaban J connectivity index is 3.90. The first-order chi connectivity index (χ1) is 5.00. The van der Waals surface area contributed by atoms with Crippen molar-refractivity contribution in [1.82, 2.24) is 0 Å². The molecule has 11 heavy (non-hydrogen) atoms. The van der Waals surface area contributed by atoms with Gasteiger partial charge in [-0.2, -0.15) is 0 Å². The summed E-state index contributed by atoms with van der Waals surface area (Å²) in [6.45, 7) is 4.31. The standard InChI is InChI=1S/C7H12Br4/c1-3-5(9)7(11)6(10)4(2)8/h4-7H,3H2,1-2H3. The van der Waals surface area contributed by atoms with Crippen molar-refractivity contribution in [3.05, 3.63) is 0 Å². The SMILES string of the molecule is CCC(Br)C(Br)C(Br)C(C)Br. The van der Waals surface area contributed by atoms with Crippen molar-refractivity contribution in [3.8, 4) is 0 Å². The zero-order chi connectivity index (χ0) is 9.02. The highest BCUT2D eigenvalue weighted by Gasteiger charge is 2.25. The molecule has 0 fully saturated rings. The molecular weight excluding hydrogens is 404 g/mol. The van der Waals surface area contributed by atoms with E-state index in [1.807, 2.05) is 0 Å². The second-order valence-corrected chi connectivity index (χ2v) is 7.23. The molecule has 0 saturated heterocycles. The van der Waals surface area contributed by atoms with Crippen LogP contribution in [0.5, 0.6) is 0 Å². The fraction of sp³-hybridized carbons (Fsp3) is 1.00. The topological polar surface area (TPSA) is 0 Å². The van der Waals surface area contributed by atoms with E-state index in [-0.39, 0.29) is 0 Å². The van der Waals surface area contributed by atoms with Gasteiger partial charge in [0, 0.05) is 19.3 Å². The molecule has 0 saturated carbocycles. The van der Waals surface area contributed by atoms with Crippen molar-refractivity contribution in [1.29, 1.82) is 0 Å². The fourth-order valence-electron chi connectivity index (χ4n) is 0.678. The molecule has 0 aliphatic carbocycles. The second kappa shape index (κ2) is 6.39. The fourth-order valence-corrected chi connectivity index (χ4v) is 3.35. The Kier molecular flexibility index (Phi) is 7.50. The Morgan fingerprint density at radius 3 is 1.73 bits per heavy atom. The highest BCUT2D eigenvalue weighted by molar-refractivity contribution is 9.14. The molecule has 4 heteroatoms. The Morgan fingerprint density at radius 1 is 1.00 bits per heavy atom. The van der Waals surface area contributed by atoms with Gasteiger partial charge in [-0.1, -0.05) is 77.6 Å². The maximum Gasteiger partial charge on any atom is 0.0406 e. The average Bonchev–Trinajstić information content (AvgIpc) is 2.00. The van der Waals surface area contributed by atoms with Gasteiger partial charge in [-0.15, -0.1) is 0 Å². The molecule has 0 bridgehead atoms. The molecule has 0 spiro atoms. The molecule has 0 heterocycles. The van der Waals surface area contributed by atoms with Crippen molar-refractivity contribution in [2.75, 3.05) is 0 Å². The van der Waals surface area contributed by atoms with E-state index in [0.29, 0.717) is 19.3 Å². The summed E-state index contributed by atoms with van der Waals surface area (Å²) in [5.74, 6) is 0. The van der Waals surface area contributed by atoms with E-state index in [1.54, 1.807) is 0 Å². The molecule has 4 atom stereocenters. The molecule has 0 aliphatic heterocycles. The van der Waals surface area contributed by atoms with E-state index >= 15 is 0 Å². The van der Waals surface area contributed by atoms with Crippen molar-refractivity contribution in [2.24, 2.45) is 0 Å². The maximum atomic E-state index is 3.65. The Hall–Kier alpha value is 1.92. The van der Waals surface area contributed by atoms with Gasteiger partial charge in [-0.05, 0) is 6.42 Å². The minimum absolute atomic E-state index is 0.465. The van der Waals surface area contributed by atoms with E-state index in [9.17, 15) is 0 Å². The first-order valence-corrected chi connectivity index (χ1v) is 7.23. The number of halogens is 4.